The summed E-state index contributed by atoms with van der Waals surface area (Å²) < 4.78 is 19.6. The number of hydrogen-bond donors (Lipinski definition) is 1. The van der Waals surface area contributed by atoms with Gasteiger partial charge in [-0.2, -0.15) is 0 Å². The van der Waals surface area contributed by atoms with E-state index in [0.717, 1.165) is 12.8 Å². The maximum absolute atomic E-state index is 13.7. The summed E-state index contributed by atoms with van der Waals surface area (Å²) in [4.78, 5) is 26.9. The second-order valence-electron chi connectivity index (χ2n) is 7.40. The van der Waals surface area contributed by atoms with Crippen LogP contribution in [0, 0.1) is 17.7 Å². The van der Waals surface area contributed by atoms with Gasteiger partial charge in [0.05, 0.1) is 18.1 Å². The van der Waals surface area contributed by atoms with Crippen molar-refractivity contribution in [1.82, 2.24) is 4.90 Å². The van der Waals surface area contributed by atoms with E-state index in [1.807, 2.05) is 4.90 Å². The van der Waals surface area contributed by atoms with Gasteiger partial charge in [0, 0.05) is 37.0 Å². The topological polar surface area (TPSA) is 58.6 Å². The van der Waals surface area contributed by atoms with Gasteiger partial charge in [0.25, 0.3) is 0 Å². The highest BCUT2D eigenvalue weighted by Crippen LogP contribution is 2.48. The normalized spacial score (nSPS) is 36.5. The molecule has 1 unspecified atom stereocenters. The van der Waals surface area contributed by atoms with Gasteiger partial charge in [-0.05, 0) is 36.6 Å². The van der Waals surface area contributed by atoms with Gasteiger partial charge in [-0.3, -0.25) is 9.59 Å². The van der Waals surface area contributed by atoms with Gasteiger partial charge in [0.2, 0.25) is 11.8 Å². The van der Waals surface area contributed by atoms with E-state index < -0.39 is 5.92 Å². The molecule has 0 aromatic heterocycles. The first-order valence-corrected chi connectivity index (χ1v) is 8.63. The summed E-state index contributed by atoms with van der Waals surface area (Å²) >= 11 is 0. The summed E-state index contributed by atoms with van der Waals surface area (Å²) in [5.74, 6) is -0.343. The van der Waals surface area contributed by atoms with E-state index in [-0.39, 0.29) is 36.3 Å². The van der Waals surface area contributed by atoms with Gasteiger partial charge in [-0.25, -0.2) is 4.39 Å². The first kappa shape index (κ1) is 14.4. The smallest absolute Gasteiger partial charge is 0.230 e. The van der Waals surface area contributed by atoms with Crippen molar-refractivity contribution in [2.75, 3.05) is 18.4 Å². The summed E-state index contributed by atoms with van der Waals surface area (Å²) in [5, 5.41) is 2.73. The van der Waals surface area contributed by atoms with Crippen LogP contribution in [0.5, 0.6) is 0 Å². The number of nitrogens with one attached hydrogen (secondary N) is 1. The van der Waals surface area contributed by atoms with Crippen molar-refractivity contribution in [3.05, 3.63) is 29.6 Å². The predicted molar refractivity (Wildman–Crippen MR) is 83.8 cm³/mol. The molecule has 3 saturated heterocycles. The molecule has 4 heterocycles. The van der Waals surface area contributed by atoms with E-state index >= 15 is 0 Å². The first-order chi connectivity index (χ1) is 11.6. The Bertz CT molecular complexity index is 719. The molecule has 6 heteroatoms. The van der Waals surface area contributed by atoms with Crippen LogP contribution in [0.25, 0.3) is 0 Å². The highest BCUT2D eigenvalue weighted by Gasteiger charge is 2.54. The molecular weight excluding hydrogens is 311 g/mol. The van der Waals surface area contributed by atoms with E-state index in [4.69, 9.17) is 4.74 Å². The average Bonchev–Trinajstić information content (AvgIpc) is 3.26. The molecule has 126 valence electrons. The molecule has 2 amide bonds. The van der Waals surface area contributed by atoms with E-state index in [9.17, 15) is 14.0 Å². The molecular formula is C18H19FN2O3. The van der Waals surface area contributed by atoms with Crippen LogP contribution in [0.2, 0.25) is 0 Å². The molecule has 5 atom stereocenters. The summed E-state index contributed by atoms with van der Waals surface area (Å²) in [6.07, 6.45) is 2.85. The number of hydrogen-bond acceptors (Lipinski definition) is 3. The summed E-state index contributed by atoms with van der Waals surface area (Å²) in [6.45, 7) is 1.40. The van der Waals surface area contributed by atoms with Crippen LogP contribution in [0.4, 0.5) is 10.1 Å². The third-order valence-electron chi connectivity index (χ3n) is 6.12. The maximum Gasteiger partial charge on any atom is 0.230 e. The summed E-state index contributed by atoms with van der Waals surface area (Å²) in [5.41, 5.74) is 1.14. The number of benzene rings is 1. The minimum Gasteiger partial charge on any atom is -0.374 e. The van der Waals surface area contributed by atoms with Crippen molar-refractivity contribution in [3.8, 4) is 0 Å². The molecule has 2 bridgehead atoms. The van der Waals surface area contributed by atoms with Gasteiger partial charge < -0.3 is 15.0 Å². The van der Waals surface area contributed by atoms with Gasteiger partial charge >= 0.3 is 0 Å². The largest absolute Gasteiger partial charge is 0.374 e. The van der Waals surface area contributed by atoms with Crippen molar-refractivity contribution in [1.29, 1.82) is 0 Å². The third kappa shape index (κ3) is 2.02. The number of fused-ring (bicyclic) bond motifs is 6. The lowest BCUT2D eigenvalue weighted by Gasteiger charge is -2.29. The Morgan fingerprint density at radius 3 is 2.62 bits per heavy atom. The zero-order valence-corrected chi connectivity index (χ0v) is 13.2. The Morgan fingerprint density at radius 2 is 1.92 bits per heavy atom. The Morgan fingerprint density at radius 1 is 1.21 bits per heavy atom. The number of ether oxygens (including phenoxy) is 1. The van der Waals surface area contributed by atoms with E-state index in [0.29, 0.717) is 36.2 Å². The molecule has 0 aliphatic carbocycles. The highest BCUT2D eigenvalue weighted by atomic mass is 19.1. The number of amides is 2. The number of likely N-dealkylation sites (tertiary alicyclic amines) is 1. The monoisotopic (exact) mass is 330 g/mol. The second-order valence-corrected chi connectivity index (χ2v) is 7.40. The first-order valence-electron chi connectivity index (χ1n) is 8.63. The van der Waals surface area contributed by atoms with Crippen LogP contribution in [0.3, 0.4) is 0 Å². The lowest BCUT2D eigenvalue weighted by Crippen LogP contribution is -2.38. The number of carbonyl (C=O) groups excluding carboxylic acids is 2. The Kier molecular flexibility index (Phi) is 3.01. The molecule has 1 aromatic carbocycles. The number of rotatable bonds is 1. The van der Waals surface area contributed by atoms with Crippen molar-refractivity contribution in [2.24, 2.45) is 11.8 Å². The van der Waals surface area contributed by atoms with Gasteiger partial charge in [-0.1, -0.05) is 0 Å². The number of carbonyl (C=O) groups is 2. The van der Waals surface area contributed by atoms with Crippen LogP contribution in [0.15, 0.2) is 18.2 Å². The van der Waals surface area contributed by atoms with Crippen LogP contribution >= 0.6 is 0 Å². The van der Waals surface area contributed by atoms with Crippen LogP contribution in [-0.2, 0) is 14.3 Å². The Balaban J connectivity index is 1.42. The second kappa shape index (κ2) is 5.02. The average molecular weight is 330 g/mol. The number of halogens is 1. The van der Waals surface area contributed by atoms with Crippen LogP contribution < -0.4 is 5.32 Å². The van der Waals surface area contributed by atoms with E-state index in [1.165, 1.54) is 18.2 Å². The highest BCUT2D eigenvalue weighted by molar-refractivity contribution is 6.01. The molecule has 1 aromatic rings. The quantitative estimate of drug-likeness (QED) is 0.855. The van der Waals surface area contributed by atoms with Crippen molar-refractivity contribution in [3.63, 3.8) is 0 Å². The standard InChI is InChI=1S/C18H19FN2O3/c19-9-1-2-14-10(5-9)11(6-17(22)20-14)18(23)21-7-12-13(8-21)16-4-3-15(12)24-16/h1-2,5,11-13,15-16H,3-4,6-8H2,(H,20,22)/t11?,12-,13+,15+,16-. The van der Waals surface area contributed by atoms with Crippen LogP contribution in [0.1, 0.15) is 30.7 Å². The lowest BCUT2D eigenvalue weighted by atomic mass is 9.82. The molecule has 0 radical (unpaired) electrons. The summed E-state index contributed by atoms with van der Waals surface area (Å²) in [6, 6.07) is 4.22. The van der Waals surface area contributed by atoms with Crippen LogP contribution in [-0.4, -0.2) is 42.0 Å². The van der Waals surface area contributed by atoms with Gasteiger partial charge in [0.15, 0.2) is 0 Å². The van der Waals surface area contributed by atoms with Gasteiger partial charge in [-0.15, -0.1) is 0 Å². The fraction of sp³-hybridized carbons (Fsp3) is 0.556. The molecule has 0 spiro atoms. The molecule has 0 saturated carbocycles. The fourth-order valence-corrected chi connectivity index (χ4v) is 5.01. The lowest BCUT2D eigenvalue weighted by molar-refractivity contribution is -0.134. The molecule has 4 aliphatic heterocycles. The Labute approximate surface area is 139 Å². The molecule has 24 heavy (non-hydrogen) atoms. The number of anilines is 1. The number of nitrogens with zero attached hydrogens (tertiary/aromatic N) is 1. The van der Waals surface area contributed by atoms with E-state index in [1.54, 1.807) is 0 Å². The molecule has 3 fully saturated rings. The molecule has 5 nitrogen and oxygen atoms in total. The van der Waals surface area contributed by atoms with Gasteiger partial charge in [0.1, 0.15) is 5.82 Å². The zero-order valence-electron chi connectivity index (χ0n) is 13.2. The fourth-order valence-electron chi connectivity index (χ4n) is 5.01. The van der Waals surface area contributed by atoms with Crippen molar-refractivity contribution in [2.45, 2.75) is 37.4 Å². The predicted octanol–water partition coefficient (Wildman–Crippen LogP) is 1.89. The van der Waals surface area contributed by atoms with E-state index in [2.05, 4.69) is 5.32 Å². The maximum atomic E-state index is 13.7. The summed E-state index contributed by atoms with van der Waals surface area (Å²) in [7, 11) is 0. The minimum absolute atomic E-state index is 0.0505. The SMILES string of the molecule is O=C1CC(C(=O)N2C[C@@H]3[C@H](C2)[C@H]2CC[C@@H]3O2)c2cc(F)ccc2N1. The third-order valence-corrected chi connectivity index (χ3v) is 6.12. The van der Waals surface area contributed by atoms with Crippen molar-refractivity contribution < 1.29 is 18.7 Å². The van der Waals surface area contributed by atoms with Crippen molar-refractivity contribution >= 4 is 17.5 Å². The minimum atomic E-state index is -0.582. The Hall–Kier alpha value is -1.95. The molecule has 1 N–H and O–H groups in total. The molecule has 5 rings (SSSR count). The zero-order chi connectivity index (χ0) is 16.4. The molecule has 4 aliphatic rings.